The van der Waals surface area contributed by atoms with E-state index >= 15 is 0 Å². The molecule has 0 bridgehead atoms. The highest BCUT2D eigenvalue weighted by molar-refractivity contribution is 7.09. The first kappa shape index (κ1) is 13.4. The van der Waals surface area contributed by atoms with Crippen molar-refractivity contribution in [3.05, 3.63) is 40.3 Å². The largest absolute Gasteiger partial charge is 0.455 e. The first-order valence-electron chi connectivity index (χ1n) is 5.70. The Hall–Kier alpha value is -2.08. The summed E-state index contributed by atoms with van der Waals surface area (Å²) in [5, 5.41) is 2.61. The van der Waals surface area contributed by atoms with Crippen LogP contribution in [0.5, 0.6) is 0 Å². The van der Waals surface area contributed by atoms with Gasteiger partial charge in [-0.3, -0.25) is 0 Å². The van der Waals surface area contributed by atoms with E-state index in [-0.39, 0.29) is 6.61 Å². The fourth-order valence-corrected chi connectivity index (χ4v) is 2.16. The smallest absolute Gasteiger partial charge is 0.340 e. The van der Waals surface area contributed by atoms with Crippen LogP contribution < -0.4 is 10.6 Å². The first-order valence-corrected chi connectivity index (χ1v) is 6.58. The van der Waals surface area contributed by atoms with E-state index in [1.807, 2.05) is 24.4 Å². The average Bonchev–Trinajstić information content (AvgIpc) is 2.88. The fourth-order valence-electron chi connectivity index (χ4n) is 1.64. The number of hydrogen-bond acceptors (Lipinski definition) is 6. The SMILES string of the molecule is CN(C)c1ccc(N)cc1C(=O)OCc1nccs1. The van der Waals surface area contributed by atoms with Gasteiger partial charge in [-0.1, -0.05) is 0 Å². The first-order chi connectivity index (χ1) is 9.08. The van der Waals surface area contributed by atoms with Crippen LogP contribution in [0.4, 0.5) is 11.4 Å². The van der Waals surface area contributed by atoms with Gasteiger partial charge in [0.05, 0.1) is 11.3 Å². The molecule has 0 aliphatic carbocycles. The third kappa shape index (κ3) is 3.23. The van der Waals surface area contributed by atoms with E-state index < -0.39 is 5.97 Å². The molecular formula is C13H15N3O2S. The Balaban J connectivity index is 2.16. The van der Waals surface area contributed by atoms with Gasteiger partial charge >= 0.3 is 5.97 Å². The molecule has 100 valence electrons. The molecule has 0 atom stereocenters. The van der Waals surface area contributed by atoms with Crippen molar-refractivity contribution >= 4 is 28.7 Å². The number of thiazole rings is 1. The summed E-state index contributed by atoms with van der Waals surface area (Å²) in [5.41, 5.74) is 7.49. The van der Waals surface area contributed by atoms with Crippen molar-refractivity contribution in [3.8, 4) is 0 Å². The van der Waals surface area contributed by atoms with E-state index in [1.54, 1.807) is 24.4 Å². The van der Waals surface area contributed by atoms with Crippen molar-refractivity contribution in [1.82, 2.24) is 4.98 Å². The summed E-state index contributed by atoms with van der Waals surface area (Å²) in [6.07, 6.45) is 1.68. The summed E-state index contributed by atoms with van der Waals surface area (Å²) in [5.74, 6) is -0.397. The van der Waals surface area contributed by atoms with Gasteiger partial charge in [-0.25, -0.2) is 9.78 Å². The summed E-state index contributed by atoms with van der Waals surface area (Å²) >= 11 is 1.45. The molecule has 0 saturated heterocycles. The number of nitrogens with two attached hydrogens (primary N) is 1. The lowest BCUT2D eigenvalue weighted by molar-refractivity contribution is 0.0473. The van der Waals surface area contributed by atoms with Gasteiger partial charge in [-0.05, 0) is 18.2 Å². The van der Waals surface area contributed by atoms with Crippen LogP contribution in [-0.4, -0.2) is 25.0 Å². The number of ether oxygens (including phenoxy) is 1. The van der Waals surface area contributed by atoms with E-state index in [4.69, 9.17) is 10.5 Å². The lowest BCUT2D eigenvalue weighted by Gasteiger charge is -2.17. The van der Waals surface area contributed by atoms with Crippen molar-refractivity contribution in [2.75, 3.05) is 24.7 Å². The average molecular weight is 277 g/mol. The summed E-state index contributed by atoms with van der Waals surface area (Å²) < 4.78 is 5.25. The van der Waals surface area contributed by atoms with Gasteiger partial charge in [-0.15, -0.1) is 11.3 Å². The van der Waals surface area contributed by atoms with Gasteiger partial charge in [0.1, 0.15) is 11.6 Å². The third-order valence-electron chi connectivity index (χ3n) is 2.53. The molecule has 2 aromatic rings. The molecule has 0 spiro atoms. The number of anilines is 2. The molecule has 0 unspecified atom stereocenters. The predicted molar refractivity (Wildman–Crippen MR) is 76.4 cm³/mol. The van der Waals surface area contributed by atoms with Gasteiger partial charge in [-0.2, -0.15) is 0 Å². The number of rotatable bonds is 4. The molecule has 1 aromatic heterocycles. The standard InChI is InChI=1S/C13H15N3O2S/c1-16(2)11-4-3-9(14)7-10(11)13(17)18-8-12-15-5-6-19-12/h3-7H,8,14H2,1-2H3. The Morgan fingerprint density at radius 1 is 1.47 bits per heavy atom. The minimum absolute atomic E-state index is 0.179. The highest BCUT2D eigenvalue weighted by Gasteiger charge is 2.15. The maximum Gasteiger partial charge on any atom is 0.340 e. The Bertz CT molecular complexity index is 567. The molecule has 0 radical (unpaired) electrons. The van der Waals surface area contributed by atoms with Crippen molar-refractivity contribution in [2.24, 2.45) is 0 Å². The Labute approximate surface area is 115 Å². The van der Waals surface area contributed by atoms with E-state index in [0.29, 0.717) is 11.3 Å². The molecule has 1 aromatic carbocycles. The molecule has 2 N–H and O–H groups in total. The molecule has 6 heteroatoms. The molecule has 2 rings (SSSR count). The van der Waals surface area contributed by atoms with E-state index in [2.05, 4.69) is 4.98 Å². The molecule has 0 amide bonds. The number of aromatic nitrogens is 1. The summed E-state index contributed by atoms with van der Waals surface area (Å²) in [7, 11) is 3.73. The van der Waals surface area contributed by atoms with Crippen LogP contribution in [0.25, 0.3) is 0 Å². The maximum atomic E-state index is 12.1. The van der Waals surface area contributed by atoms with Crippen LogP contribution in [0, 0.1) is 0 Å². The van der Waals surface area contributed by atoms with Crippen molar-refractivity contribution in [1.29, 1.82) is 0 Å². The molecule has 1 heterocycles. The Kier molecular flexibility index (Phi) is 4.01. The number of hydrogen-bond donors (Lipinski definition) is 1. The topological polar surface area (TPSA) is 68.5 Å². The number of carbonyl (C=O) groups is 1. The summed E-state index contributed by atoms with van der Waals surface area (Å²) in [6, 6.07) is 5.18. The van der Waals surface area contributed by atoms with Crippen molar-refractivity contribution in [3.63, 3.8) is 0 Å². The third-order valence-corrected chi connectivity index (χ3v) is 3.29. The minimum atomic E-state index is -0.397. The molecular weight excluding hydrogens is 262 g/mol. The summed E-state index contributed by atoms with van der Waals surface area (Å²) in [4.78, 5) is 18.0. The fraction of sp³-hybridized carbons (Fsp3) is 0.231. The molecule has 5 nitrogen and oxygen atoms in total. The van der Waals surface area contributed by atoms with Gasteiger partial charge in [0.15, 0.2) is 0 Å². The number of esters is 1. The van der Waals surface area contributed by atoms with Crippen LogP contribution in [0.3, 0.4) is 0 Å². The zero-order chi connectivity index (χ0) is 13.8. The monoisotopic (exact) mass is 277 g/mol. The Morgan fingerprint density at radius 3 is 2.89 bits per heavy atom. The predicted octanol–water partition coefficient (Wildman–Crippen LogP) is 2.15. The molecule has 19 heavy (non-hydrogen) atoms. The van der Waals surface area contributed by atoms with Crippen LogP contribution >= 0.6 is 11.3 Å². The molecule has 0 aliphatic rings. The normalized spacial score (nSPS) is 10.2. The van der Waals surface area contributed by atoms with Gasteiger partial charge in [0.25, 0.3) is 0 Å². The number of nitrogen functional groups attached to an aromatic ring is 1. The minimum Gasteiger partial charge on any atom is -0.455 e. The van der Waals surface area contributed by atoms with Crippen LogP contribution in [0.1, 0.15) is 15.4 Å². The lowest BCUT2D eigenvalue weighted by Crippen LogP contribution is -2.15. The van der Waals surface area contributed by atoms with E-state index in [9.17, 15) is 4.79 Å². The maximum absolute atomic E-state index is 12.1. The van der Waals surface area contributed by atoms with Gasteiger partial charge in [0.2, 0.25) is 0 Å². The lowest BCUT2D eigenvalue weighted by atomic mass is 10.1. The molecule has 0 fully saturated rings. The second kappa shape index (κ2) is 5.71. The van der Waals surface area contributed by atoms with Gasteiger partial charge in [0, 0.05) is 31.4 Å². The quantitative estimate of drug-likeness (QED) is 0.685. The number of nitrogens with zero attached hydrogens (tertiary/aromatic N) is 2. The van der Waals surface area contributed by atoms with Crippen molar-refractivity contribution < 1.29 is 9.53 Å². The van der Waals surface area contributed by atoms with Gasteiger partial charge < -0.3 is 15.4 Å². The second-order valence-electron chi connectivity index (χ2n) is 4.17. The van der Waals surface area contributed by atoms with Crippen molar-refractivity contribution in [2.45, 2.75) is 6.61 Å². The molecule has 0 aliphatic heterocycles. The molecule has 0 saturated carbocycles. The highest BCUT2D eigenvalue weighted by atomic mass is 32.1. The van der Waals surface area contributed by atoms with Crippen LogP contribution in [0.2, 0.25) is 0 Å². The second-order valence-corrected chi connectivity index (χ2v) is 5.15. The van der Waals surface area contributed by atoms with Crippen LogP contribution in [0.15, 0.2) is 29.8 Å². The number of benzene rings is 1. The summed E-state index contributed by atoms with van der Waals surface area (Å²) in [6.45, 7) is 0.179. The van der Waals surface area contributed by atoms with E-state index in [0.717, 1.165) is 10.7 Å². The van der Waals surface area contributed by atoms with E-state index in [1.165, 1.54) is 11.3 Å². The highest BCUT2D eigenvalue weighted by Crippen LogP contribution is 2.22. The zero-order valence-corrected chi connectivity index (χ0v) is 11.6. The van der Waals surface area contributed by atoms with Crippen LogP contribution in [-0.2, 0) is 11.3 Å². The Morgan fingerprint density at radius 2 is 2.26 bits per heavy atom. The number of carbonyl (C=O) groups excluding carboxylic acids is 1. The zero-order valence-electron chi connectivity index (χ0n) is 10.8.